The molecule has 9 heteroatoms. The number of benzene rings is 1. The van der Waals surface area contributed by atoms with Crippen LogP contribution in [0.5, 0.6) is 0 Å². The van der Waals surface area contributed by atoms with Gasteiger partial charge in [-0.25, -0.2) is 9.78 Å². The number of fused-ring (bicyclic) bond motifs is 1. The molecule has 30 heavy (non-hydrogen) atoms. The Labute approximate surface area is 188 Å². The van der Waals surface area contributed by atoms with Gasteiger partial charge in [-0.3, -0.25) is 4.79 Å². The minimum Gasteiger partial charge on any atom is -0.335 e. The Bertz CT molecular complexity index is 947. The highest BCUT2D eigenvalue weighted by Crippen LogP contribution is 2.25. The number of hydrogen-bond donors (Lipinski definition) is 1. The third-order valence-corrected chi connectivity index (χ3v) is 7.42. The van der Waals surface area contributed by atoms with Gasteiger partial charge in [-0.15, -0.1) is 11.3 Å². The number of likely N-dealkylation sites (tertiary alicyclic amines) is 2. The van der Waals surface area contributed by atoms with Crippen molar-refractivity contribution in [2.75, 3.05) is 32.7 Å². The van der Waals surface area contributed by atoms with Gasteiger partial charge in [-0.1, -0.05) is 22.0 Å². The molecule has 2 saturated heterocycles. The Morgan fingerprint density at radius 3 is 2.70 bits per heavy atom. The maximum absolute atomic E-state index is 12.9. The van der Waals surface area contributed by atoms with Crippen molar-refractivity contribution in [3.05, 3.63) is 50.4 Å². The topological polar surface area (TPSA) is 68.8 Å². The summed E-state index contributed by atoms with van der Waals surface area (Å²) >= 11 is 4.91. The Morgan fingerprint density at radius 2 is 1.90 bits per heavy atom. The number of carbonyl (C=O) groups is 2. The van der Waals surface area contributed by atoms with E-state index in [2.05, 4.69) is 38.4 Å². The lowest BCUT2D eigenvalue weighted by Gasteiger charge is -2.44. The predicted molar refractivity (Wildman–Crippen MR) is 119 cm³/mol. The molecule has 3 amide bonds. The molecule has 2 aromatic rings. The Balaban J connectivity index is 1.08. The van der Waals surface area contributed by atoms with Crippen molar-refractivity contribution in [1.82, 2.24) is 25.0 Å². The van der Waals surface area contributed by atoms with Gasteiger partial charge in [-0.2, -0.15) is 0 Å². The lowest BCUT2D eigenvalue weighted by molar-refractivity contribution is 0.0781. The molecule has 0 spiro atoms. The standard InChI is InChI=1S/C21H24BrN5O2S/c22-16-2-1-15-10-26(6-3-14(15)9-16)21(29)27-12-18(13-27)24-17-4-7-25(11-17)20(28)19-23-5-8-30-19/h1-2,5,8-9,17-18,24H,3-4,6-7,10-13H2. The number of nitrogens with one attached hydrogen (secondary N) is 1. The van der Waals surface area contributed by atoms with E-state index in [-0.39, 0.29) is 18.0 Å². The van der Waals surface area contributed by atoms with E-state index in [0.717, 1.165) is 43.5 Å². The summed E-state index contributed by atoms with van der Waals surface area (Å²) in [6.45, 7) is 4.40. The van der Waals surface area contributed by atoms with Gasteiger partial charge >= 0.3 is 6.03 Å². The number of halogens is 1. The molecule has 4 heterocycles. The molecular weight excluding hydrogens is 466 g/mol. The average Bonchev–Trinajstić information content (AvgIpc) is 3.41. The molecule has 0 radical (unpaired) electrons. The van der Waals surface area contributed by atoms with E-state index in [9.17, 15) is 9.59 Å². The van der Waals surface area contributed by atoms with Gasteiger partial charge in [0.15, 0.2) is 5.01 Å². The van der Waals surface area contributed by atoms with E-state index in [4.69, 9.17) is 0 Å². The van der Waals surface area contributed by atoms with Crippen LogP contribution < -0.4 is 5.32 Å². The molecule has 7 nitrogen and oxygen atoms in total. The normalized spacial score (nSPS) is 21.5. The number of carbonyl (C=O) groups excluding carboxylic acids is 2. The highest BCUT2D eigenvalue weighted by molar-refractivity contribution is 9.10. The maximum Gasteiger partial charge on any atom is 0.320 e. The molecule has 1 unspecified atom stereocenters. The lowest BCUT2D eigenvalue weighted by Crippen LogP contribution is -2.64. The Kier molecular flexibility index (Phi) is 5.51. The van der Waals surface area contributed by atoms with Crippen LogP contribution in [0, 0.1) is 0 Å². The first kappa shape index (κ1) is 20.0. The van der Waals surface area contributed by atoms with Crippen LogP contribution in [0.4, 0.5) is 4.79 Å². The first-order valence-electron chi connectivity index (χ1n) is 10.3. The summed E-state index contributed by atoms with van der Waals surface area (Å²) in [6.07, 6.45) is 3.52. The van der Waals surface area contributed by atoms with E-state index >= 15 is 0 Å². The lowest BCUT2D eigenvalue weighted by atomic mass is 10.00. The summed E-state index contributed by atoms with van der Waals surface area (Å²) < 4.78 is 1.09. The van der Waals surface area contributed by atoms with Crippen LogP contribution in [-0.2, 0) is 13.0 Å². The van der Waals surface area contributed by atoms with E-state index in [1.807, 2.05) is 26.1 Å². The van der Waals surface area contributed by atoms with Crippen molar-refractivity contribution in [2.45, 2.75) is 31.5 Å². The van der Waals surface area contributed by atoms with Crippen molar-refractivity contribution < 1.29 is 9.59 Å². The Hall–Kier alpha value is -1.97. The zero-order valence-corrected chi connectivity index (χ0v) is 19.0. The van der Waals surface area contributed by atoms with E-state index in [0.29, 0.717) is 24.1 Å². The predicted octanol–water partition coefficient (Wildman–Crippen LogP) is 2.57. The summed E-state index contributed by atoms with van der Waals surface area (Å²) in [6, 6.07) is 7.04. The molecule has 2 fully saturated rings. The monoisotopic (exact) mass is 489 g/mol. The molecule has 1 aromatic carbocycles. The maximum atomic E-state index is 12.9. The fourth-order valence-electron chi connectivity index (χ4n) is 4.50. The van der Waals surface area contributed by atoms with Crippen LogP contribution in [0.3, 0.4) is 0 Å². The van der Waals surface area contributed by atoms with Gasteiger partial charge < -0.3 is 20.0 Å². The SMILES string of the molecule is O=C(c1nccs1)N1CCC(NC2CN(C(=O)N3CCc4cc(Br)ccc4C3)C2)C1. The fourth-order valence-corrected chi connectivity index (χ4v) is 5.51. The Morgan fingerprint density at radius 1 is 1.07 bits per heavy atom. The average molecular weight is 490 g/mol. The summed E-state index contributed by atoms with van der Waals surface area (Å²) in [5.74, 6) is 0.0251. The van der Waals surface area contributed by atoms with E-state index in [1.165, 1.54) is 22.5 Å². The molecule has 158 valence electrons. The van der Waals surface area contributed by atoms with Crippen LogP contribution in [0.25, 0.3) is 0 Å². The third kappa shape index (κ3) is 3.98. The van der Waals surface area contributed by atoms with Gasteiger partial charge in [0, 0.05) is 67.4 Å². The van der Waals surface area contributed by atoms with Crippen molar-refractivity contribution in [3.8, 4) is 0 Å². The van der Waals surface area contributed by atoms with Gasteiger partial charge in [-0.05, 0) is 36.1 Å². The number of aromatic nitrogens is 1. The number of thiazole rings is 1. The second kappa shape index (κ2) is 8.28. The minimum absolute atomic E-state index is 0.0251. The van der Waals surface area contributed by atoms with Crippen LogP contribution in [0.1, 0.15) is 27.3 Å². The largest absolute Gasteiger partial charge is 0.335 e. The molecule has 1 N–H and O–H groups in total. The molecule has 1 atom stereocenters. The summed E-state index contributed by atoms with van der Waals surface area (Å²) in [4.78, 5) is 35.2. The van der Waals surface area contributed by atoms with Crippen molar-refractivity contribution in [2.24, 2.45) is 0 Å². The molecule has 0 aliphatic carbocycles. The number of urea groups is 1. The van der Waals surface area contributed by atoms with Crippen molar-refractivity contribution in [3.63, 3.8) is 0 Å². The highest BCUT2D eigenvalue weighted by atomic mass is 79.9. The zero-order chi connectivity index (χ0) is 20.7. The van der Waals surface area contributed by atoms with Gasteiger partial charge in [0.05, 0.1) is 0 Å². The second-order valence-corrected chi connectivity index (χ2v) is 10.0. The highest BCUT2D eigenvalue weighted by Gasteiger charge is 2.37. The number of rotatable bonds is 3. The third-order valence-electron chi connectivity index (χ3n) is 6.17. The molecule has 3 aliphatic rings. The van der Waals surface area contributed by atoms with Crippen LogP contribution in [0.2, 0.25) is 0 Å². The molecular formula is C21H24BrN5O2S. The van der Waals surface area contributed by atoms with E-state index in [1.54, 1.807) is 6.20 Å². The van der Waals surface area contributed by atoms with Gasteiger partial charge in [0.25, 0.3) is 5.91 Å². The zero-order valence-electron chi connectivity index (χ0n) is 16.6. The first-order valence-corrected chi connectivity index (χ1v) is 12.0. The fraction of sp³-hybridized carbons (Fsp3) is 0.476. The second-order valence-electron chi connectivity index (χ2n) is 8.21. The molecule has 3 aliphatic heterocycles. The van der Waals surface area contributed by atoms with Crippen LogP contribution in [0.15, 0.2) is 34.2 Å². The van der Waals surface area contributed by atoms with Crippen LogP contribution in [-0.4, -0.2) is 76.4 Å². The summed E-state index contributed by atoms with van der Waals surface area (Å²) in [5, 5.41) is 6.02. The molecule has 0 saturated carbocycles. The smallest absolute Gasteiger partial charge is 0.320 e. The van der Waals surface area contributed by atoms with Crippen LogP contribution >= 0.6 is 27.3 Å². The van der Waals surface area contributed by atoms with Crippen molar-refractivity contribution >= 4 is 39.2 Å². The van der Waals surface area contributed by atoms with E-state index < -0.39 is 0 Å². The molecule has 5 rings (SSSR count). The van der Waals surface area contributed by atoms with Gasteiger partial charge in [0.2, 0.25) is 0 Å². The van der Waals surface area contributed by atoms with Gasteiger partial charge in [0.1, 0.15) is 0 Å². The molecule has 0 bridgehead atoms. The quantitative estimate of drug-likeness (QED) is 0.719. The first-order chi connectivity index (χ1) is 14.6. The number of amides is 3. The summed E-state index contributed by atoms with van der Waals surface area (Å²) in [5.41, 5.74) is 2.57. The minimum atomic E-state index is 0.0251. The van der Waals surface area contributed by atoms with Crippen molar-refractivity contribution in [1.29, 1.82) is 0 Å². The molecule has 1 aromatic heterocycles. The number of nitrogens with zero attached hydrogens (tertiary/aromatic N) is 4. The number of hydrogen-bond acceptors (Lipinski definition) is 5. The summed E-state index contributed by atoms with van der Waals surface area (Å²) in [7, 11) is 0.